The van der Waals surface area contributed by atoms with E-state index in [9.17, 15) is 9.59 Å². The van der Waals surface area contributed by atoms with Crippen molar-refractivity contribution in [3.63, 3.8) is 0 Å². The number of hydrogen-bond donors (Lipinski definition) is 2. The zero-order chi connectivity index (χ0) is 10.4. The minimum Gasteiger partial charge on any atom is -0.345 e. The average Bonchev–Trinajstić information content (AvgIpc) is 2.11. The molecular weight excluding hydrogens is 168 g/mol. The molecule has 0 bridgehead atoms. The summed E-state index contributed by atoms with van der Waals surface area (Å²) in [6.45, 7) is 5.53. The second-order valence-corrected chi connectivity index (χ2v) is 3.42. The Morgan fingerprint density at radius 2 is 1.85 bits per heavy atom. The second-order valence-electron chi connectivity index (χ2n) is 3.42. The summed E-state index contributed by atoms with van der Waals surface area (Å²) >= 11 is 0. The number of carbonyl (C=O) groups excluding carboxylic acids is 2. The molecule has 4 heteroatoms. The zero-order valence-electron chi connectivity index (χ0n) is 8.63. The maximum Gasteiger partial charge on any atom is 0.237 e. The Morgan fingerprint density at radius 3 is 2.15 bits per heavy atom. The molecule has 0 aliphatic rings. The molecule has 0 radical (unpaired) electrons. The van der Waals surface area contributed by atoms with Crippen molar-refractivity contribution in [3.8, 4) is 0 Å². The topological polar surface area (TPSA) is 58.2 Å². The van der Waals surface area contributed by atoms with Gasteiger partial charge in [-0.1, -0.05) is 13.8 Å². The first-order valence-electron chi connectivity index (χ1n) is 4.45. The van der Waals surface area contributed by atoms with Crippen LogP contribution in [0.5, 0.6) is 0 Å². The van der Waals surface area contributed by atoms with Crippen LogP contribution in [0.3, 0.4) is 0 Å². The third-order valence-corrected chi connectivity index (χ3v) is 2.00. The highest BCUT2D eigenvalue weighted by molar-refractivity contribution is 5.84. The number of aldehydes is 1. The van der Waals surface area contributed by atoms with Gasteiger partial charge in [0, 0.05) is 0 Å². The molecule has 0 aliphatic carbocycles. The van der Waals surface area contributed by atoms with Crippen LogP contribution in [0.2, 0.25) is 0 Å². The lowest BCUT2D eigenvalue weighted by Gasteiger charge is -2.18. The van der Waals surface area contributed by atoms with E-state index in [1.165, 1.54) is 0 Å². The Hall–Kier alpha value is -0.900. The summed E-state index contributed by atoms with van der Waals surface area (Å²) in [5.74, 6) is -0.0150. The van der Waals surface area contributed by atoms with Gasteiger partial charge in [-0.15, -0.1) is 0 Å². The van der Waals surface area contributed by atoms with E-state index in [4.69, 9.17) is 0 Å². The van der Waals surface area contributed by atoms with E-state index < -0.39 is 0 Å². The SMILES string of the molecule is CNC(C)C(=O)NC(C=O)C(C)C. The summed E-state index contributed by atoms with van der Waals surface area (Å²) in [5, 5.41) is 5.45. The van der Waals surface area contributed by atoms with Crippen LogP contribution in [0.25, 0.3) is 0 Å². The van der Waals surface area contributed by atoms with Gasteiger partial charge in [0.2, 0.25) is 5.91 Å². The molecule has 13 heavy (non-hydrogen) atoms. The molecule has 76 valence electrons. The van der Waals surface area contributed by atoms with Gasteiger partial charge in [0.25, 0.3) is 0 Å². The number of rotatable bonds is 5. The standard InChI is InChI=1S/C9H18N2O2/c1-6(2)8(5-12)11-9(13)7(3)10-4/h5-8,10H,1-4H3,(H,11,13). The highest BCUT2D eigenvalue weighted by atomic mass is 16.2. The summed E-state index contributed by atoms with van der Waals surface area (Å²) in [5.41, 5.74) is 0. The van der Waals surface area contributed by atoms with E-state index in [2.05, 4.69) is 10.6 Å². The quantitative estimate of drug-likeness (QED) is 0.591. The molecule has 1 amide bonds. The van der Waals surface area contributed by atoms with Crippen LogP contribution in [0, 0.1) is 5.92 Å². The molecule has 2 unspecified atom stereocenters. The van der Waals surface area contributed by atoms with Gasteiger partial charge in [0.15, 0.2) is 0 Å². The van der Waals surface area contributed by atoms with Crippen LogP contribution in [0.4, 0.5) is 0 Å². The smallest absolute Gasteiger partial charge is 0.237 e. The fourth-order valence-corrected chi connectivity index (χ4v) is 0.778. The molecule has 2 N–H and O–H groups in total. The van der Waals surface area contributed by atoms with Crippen molar-refractivity contribution in [2.45, 2.75) is 32.9 Å². The molecule has 4 nitrogen and oxygen atoms in total. The van der Waals surface area contributed by atoms with Gasteiger partial charge in [-0.25, -0.2) is 0 Å². The first-order chi connectivity index (χ1) is 6.02. The fraction of sp³-hybridized carbons (Fsp3) is 0.778. The van der Waals surface area contributed by atoms with E-state index >= 15 is 0 Å². The molecular formula is C9H18N2O2. The lowest BCUT2D eigenvalue weighted by molar-refractivity contribution is -0.125. The number of nitrogens with one attached hydrogen (secondary N) is 2. The van der Waals surface area contributed by atoms with E-state index in [0.29, 0.717) is 0 Å². The molecule has 0 spiro atoms. The van der Waals surface area contributed by atoms with Gasteiger partial charge in [0.05, 0.1) is 12.1 Å². The summed E-state index contributed by atoms with van der Waals surface area (Å²) in [6.07, 6.45) is 0.769. The van der Waals surface area contributed by atoms with Crippen molar-refractivity contribution in [2.75, 3.05) is 7.05 Å². The average molecular weight is 186 g/mol. The zero-order valence-corrected chi connectivity index (χ0v) is 8.63. The van der Waals surface area contributed by atoms with Gasteiger partial charge in [-0.05, 0) is 19.9 Å². The van der Waals surface area contributed by atoms with Crippen molar-refractivity contribution in [3.05, 3.63) is 0 Å². The molecule has 0 aromatic rings. The predicted octanol–water partition coefficient (Wildman–Crippen LogP) is -0.0660. The summed E-state index contributed by atoms with van der Waals surface area (Å²) < 4.78 is 0. The molecule has 2 atom stereocenters. The van der Waals surface area contributed by atoms with E-state index in [1.807, 2.05) is 13.8 Å². The Bertz CT molecular complexity index is 180. The largest absolute Gasteiger partial charge is 0.345 e. The molecule has 0 aliphatic heterocycles. The van der Waals surface area contributed by atoms with Crippen molar-refractivity contribution in [2.24, 2.45) is 5.92 Å². The Balaban J connectivity index is 4.08. The van der Waals surface area contributed by atoms with E-state index in [0.717, 1.165) is 6.29 Å². The Labute approximate surface area is 79.1 Å². The van der Waals surface area contributed by atoms with Crippen LogP contribution in [-0.2, 0) is 9.59 Å². The molecule has 0 heterocycles. The lowest BCUT2D eigenvalue weighted by atomic mass is 10.1. The van der Waals surface area contributed by atoms with E-state index in [1.54, 1.807) is 14.0 Å². The maximum absolute atomic E-state index is 11.3. The monoisotopic (exact) mass is 186 g/mol. The summed E-state index contributed by atoms with van der Waals surface area (Å²) in [7, 11) is 1.70. The molecule has 0 rings (SSSR count). The first kappa shape index (κ1) is 12.1. The van der Waals surface area contributed by atoms with Crippen molar-refractivity contribution < 1.29 is 9.59 Å². The van der Waals surface area contributed by atoms with Crippen LogP contribution >= 0.6 is 0 Å². The van der Waals surface area contributed by atoms with E-state index in [-0.39, 0.29) is 23.9 Å². The fourth-order valence-electron chi connectivity index (χ4n) is 0.778. The van der Waals surface area contributed by atoms with Crippen molar-refractivity contribution in [1.29, 1.82) is 0 Å². The number of likely N-dealkylation sites (N-methyl/N-ethyl adjacent to an activating group) is 1. The lowest BCUT2D eigenvalue weighted by Crippen LogP contribution is -2.47. The van der Waals surface area contributed by atoms with Crippen molar-refractivity contribution in [1.82, 2.24) is 10.6 Å². The molecule has 0 saturated carbocycles. The first-order valence-corrected chi connectivity index (χ1v) is 4.45. The van der Waals surface area contributed by atoms with Crippen LogP contribution < -0.4 is 10.6 Å². The van der Waals surface area contributed by atoms with Gasteiger partial charge in [0.1, 0.15) is 6.29 Å². The molecule has 0 aromatic carbocycles. The minimum atomic E-state index is -0.386. The molecule has 0 saturated heterocycles. The third kappa shape index (κ3) is 4.03. The highest BCUT2D eigenvalue weighted by Gasteiger charge is 2.17. The van der Waals surface area contributed by atoms with Crippen LogP contribution in [0.15, 0.2) is 0 Å². The second kappa shape index (κ2) is 5.70. The minimum absolute atomic E-state index is 0.130. The van der Waals surface area contributed by atoms with Crippen LogP contribution in [0.1, 0.15) is 20.8 Å². The van der Waals surface area contributed by atoms with Gasteiger partial charge >= 0.3 is 0 Å². The van der Waals surface area contributed by atoms with Gasteiger partial charge in [-0.3, -0.25) is 4.79 Å². The Kier molecular flexibility index (Phi) is 5.30. The number of carbonyl (C=O) groups is 2. The van der Waals surface area contributed by atoms with Crippen LogP contribution in [-0.4, -0.2) is 31.3 Å². The van der Waals surface area contributed by atoms with Crippen molar-refractivity contribution >= 4 is 12.2 Å². The summed E-state index contributed by atoms with van der Waals surface area (Å²) in [6, 6.07) is -0.649. The summed E-state index contributed by atoms with van der Waals surface area (Å²) in [4.78, 5) is 21.9. The normalized spacial score (nSPS) is 15.2. The maximum atomic E-state index is 11.3. The highest BCUT2D eigenvalue weighted by Crippen LogP contribution is 1.98. The molecule has 0 fully saturated rings. The predicted molar refractivity (Wildman–Crippen MR) is 51.4 cm³/mol. The van der Waals surface area contributed by atoms with Gasteiger partial charge in [-0.2, -0.15) is 0 Å². The molecule has 0 aromatic heterocycles. The third-order valence-electron chi connectivity index (χ3n) is 2.00. The Morgan fingerprint density at radius 1 is 1.31 bits per heavy atom. The van der Waals surface area contributed by atoms with Gasteiger partial charge < -0.3 is 15.4 Å². The number of hydrogen-bond acceptors (Lipinski definition) is 3. The number of amides is 1.